The van der Waals surface area contributed by atoms with Crippen molar-refractivity contribution in [3.05, 3.63) is 84.4 Å². The van der Waals surface area contributed by atoms with E-state index in [1.54, 1.807) is 12.4 Å². The van der Waals surface area contributed by atoms with Crippen LogP contribution in [0.4, 0.5) is 23.0 Å². The van der Waals surface area contributed by atoms with E-state index in [4.69, 9.17) is 5.10 Å². The number of hydrogen-bond acceptors (Lipinski definition) is 8. The van der Waals surface area contributed by atoms with Crippen molar-refractivity contribution >= 4 is 66.9 Å². The highest BCUT2D eigenvalue weighted by Gasteiger charge is 2.40. The Morgan fingerprint density at radius 3 is 2.17 bits per heavy atom. The van der Waals surface area contributed by atoms with Gasteiger partial charge in [0.1, 0.15) is 11.0 Å². The summed E-state index contributed by atoms with van der Waals surface area (Å²) < 4.78 is 2.22. The van der Waals surface area contributed by atoms with Gasteiger partial charge in [0.05, 0.1) is 27.8 Å². The first-order valence-electron chi connectivity index (χ1n) is 15.9. The van der Waals surface area contributed by atoms with Gasteiger partial charge in [0, 0.05) is 58.6 Å². The molecule has 2 saturated carbocycles. The first-order valence-corrected chi connectivity index (χ1v) is 15.9. The highest BCUT2D eigenvalue weighted by Crippen LogP contribution is 2.51. The summed E-state index contributed by atoms with van der Waals surface area (Å²) in [4.78, 5) is 8.94. The standard InChI is InChI=1S/C34H30N12/c1-3-25-31(35-12-1)33(43-39-25)37-20-7-9-22-27(16-20)41-42-30(22)24-15-19(24)11-14-46-28-17-21(8-10-23(28)29(45-46)18-5-6-18)38-34-32-26(40-44-34)4-2-13-36-32/h1-4,7-10,12-13,16-19,24H,5-6,11,14-15H2,(H,41,42)(H2,37,39,43)(H2,38,40,44). The molecule has 12 heteroatoms. The molecule has 6 heterocycles. The van der Waals surface area contributed by atoms with Gasteiger partial charge in [-0.25, -0.2) is 0 Å². The number of pyridine rings is 2. The molecule has 0 saturated heterocycles. The molecule has 2 unspecified atom stereocenters. The molecule has 0 amide bonds. The van der Waals surface area contributed by atoms with E-state index < -0.39 is 0 Å². The maximum absolute atomic E-state index is 5.15. The number of nitrogens with one attached hydrogen (secondary N) is 5. The molecule has 0 aliphatic heterocycles. The highest BCUT2D eigenvalue weighted by atomic mass is 15.3. The van der Waals surface area contributed by atoms with Gasteiger partial charge in [0.2, 0.25) is 0 Å². The van der Waals surface area contributed by atoms with Gasteiger partial charge in [-0.1, -0.05) is 0 Å². The molecule has 0 spiro atoms. The number of aromatic nitrogens is 10. The molecule has 10 rings (SSSR count). The van der Waals surface area contributed by atoms with Crippen molar-refractivity contribution in [2.24, 2.45) is 5.92 Å². The minimum Gasteiger partial charge on any atom is -0.337 e. The van der Waals surface area contributed by atoms with E-state index in [0.29, 0.717) is 23.6 Å². The summed E-state index contributed by atoms with van der Waals surface area (Å²) in [5, 5.41) is 37.4. The Bertz CT molecular complexity index is 2410. The first kappa shape index (κ1) is 25.5. The Labute approximate surface area is 262 Å². The molecule has 6 aromatic heterocycles. The van der Waals surface area contributed by atoms with E-state index in [9.17, 15) is 0 Å². The third-order valence-corrected chi connectivity index (χ3v) is 9.50. The molecular weight excluding hydrogens is 576 g/mol. The van der Waals surface area contributed by atoms with Crippen LogP contribution in [0.15, 0.2) is 73.1 Å². The number of benzene rings is 2. The number of rotatable bonds is 9. The zero-order valence-electron chi connectivity index (χ0n) is 24.8. The van der Waals surface area contributed by atoms with Gasteiger partial charge in [0.25, 0.3) is 0 Å². The van der Waals surface area contributed by atoms with Gasteiger partial charge in [-0.3, -0.25) is 29.9 Å². The van der Waals surface area contributed by atoms with Gasteiger partial charge in [-0.15, -0.1) is 0 Å². The van der Waals surface area contributed by atoms with Crippen molar-refractivity contribution in [1.82, 2.24) is 50.3 Å². The minimum atomic E-state index is 0.477. The van der Waals surface area contributed by atoms with Crippen LogP contribution in [0, 0.1) is 5.92 Å². The van der Waals surface area contributed by atoms with Crippen LogP contribution >= 0.6 is 0 Å². The summed E-state index contributed by atoms with van der Waals surface area (Å²) in [6.07, 6.45) is 8.23. The molecule has 2 fully saturated rings. The number of H-pyrrole nitrogens is 3. The van der Waals surface area contributed by atoms with Crippen molar-refractivity contribution in [3.63, 3.8) is 0 Å². The number of anilines is 4. The lowest BCUT2D eigenvalue weighted by Crippen LogP contribution is -2.02. The summed E-state index contributed by atoms with van der Waals surface area (Å²) in [5.74, 6) is 3.08. The van der Waals surface area contributed by atoms with Gasteiger partial charge in [-0.2, -0.15) is 20.4 Å². The molecule has 0 radical (unpaired) electrons. The van der Waals surface area contributed by atoms with Crippen molar-refractivity contribution in [2.75, 3.05) is 10.6 Å². The molecule has 226 valence electrons. The summed E-state index contributed by atoms with van der Waals surface area (Å²) in [5.41, 5.74) is 9.96. The van der Waals surface area contributed by atoms with Crippen molar-refractivity contribution in [3.8, 4) is 0 Å². The molecule has 8 aromatic rings. The molecule has 2 aliphatic carbocycles. The summed E-state index contributed by atoms with van der Waals surface area (Å²) in [7, 11) is 0. The monoisotopic (exact) mass is 606 g/mol. The Hall–Kier alpha value is -5.78. The molecule has 5 N–H and O–H groups in total. The number of aryl methyl sites for hydroxylation is 1. The van der Waals surface area contributed by atoms with Crippen LogP contribution in [0.2, 0.25) is 0 Å². The predicted octanol–water partition coefficient (Wildman–Crippen LogP) is 7.01. The van der Waals surface area contributed by atoms with Crippen molar-refractivity contribution < 1.29 is 0 Å². The molecule has 12 nitrogen and oxygen atoms in total. The predicted molar refractivity (Wildman–Crippen MR) is 178 cm³/mol. The average molecular weight is 607 g/mol. The fourth-order valence-corrected chi connectivity index (χ4v) is 6.86. The normalized spacial score (nSPS) is 17.8. The van der Waals surface area contributed by atoms with E-state index in [1.165, 1.54) is 40.5 Å². The Morgan fingerprint density at radius 2 is 1.46 bits per heavy atom. The van der Waals surface area contributed by atoms with Gasteiger partial charge >= 0.3 is 0 Å². The number of nitrogens with zero attached hydrogens (tertiary/aromatic N) is 7. The van der Waals surface area contributed by atoms with Crippen molar-refractivity contribution in [2.45, 2.75) is 44.1 Å². The van der Waals surface area contributed by atoms with E-state index >= 15 is 0 Å². The summed E-state index contributed by atoms with van der Waals surface area (Å²) in [6, 6.07) is 20.6. The van der Waals surface area contributed by atoms with Gasteiger partial charge in [0.15, 0.2) is 11.6 Å². The zero-order valence-corrected chi connectivity index (χ0v) is 24.8. The van der Waals surface area contributed by atoms with E-state index in [1.807, 2.05) is 24.3 Å². The van der Waals surface area contributed by atoms with E-state index in [0.717, 1.165) is 64.2 Å². The Morgan fingerprint density at radius 1 is 0.761 bits per heavy atom. The first-order chi connectivity index (χ1) is 22.7. The summed E-state index contributed by atoms with van der Waals surface area (Å²) in [6.45, 7) is 0.881. The SMILES string of the molecule is c1cnc2c(Nc3ccc4c(C5CC5CCn5nc(C6CC6)c6ccc(Nc7n[nH]c8cccnc78)cc65)[nH]nc4c3)n[nH]c2c1. The zero-order chi connectivity index (χ0) is 30.2. The minimum absolute atomic E-state index is 0.477. The van der Waals surface area contributed by atoms with Crippen LogP contribution in [0.3, 0.4) is 0 Å². The van der Waals surface area contributed by atoms with E-state index in [-0.39, 0.29) is 0 Å². The van der Waals surface area contributed by atoms with Crippen LogP contribution in [-0.4, -0.2) is 50.3 Å². The average Bonchev–Trinajstić information content (AvgIpc) is 3.90. The third-order valence-electron chi connectivity index (χ3n) is 9.50. The topological polar surface area (TPSA) is 154 Å². The largest absolute Gasteiger partial charge is 0.337 e. The van der Waals surface area contributed by atoms with Crippen LogP contribution < -0.4 is 10.6 Å². The quantitative estimate of drug-likeness (QED) is 0.118. The summed E-state index contributed by atoms with van der Waals surface area (Å²) >= 11 is 0. The van der Waals surface area contributed by atoms with Crippen LogP contribution in [0.1, 0.15) is 48.9 Å². The molecule has 46 heavy (non-hydrogen) atoms. The highest BCUT2D eigenvalue weighted by molar-refractivity contribution is 5.92. The number of aromatic amines is 3. The van der Waals surface area contributed by atoms with Gasteiger partial charge in [-0.05, 0) is 92.3 Å². The Balaban J connectivity index is 0.867. The second-order valence-corrected chi connectivity index (χ2v) is 12.6. The molecular formula is C34H30N12. The second-order valence-electron chi connectivity index (χ2n) is 12.6. The van der Waals surface area contributed by atoms with Crippen molar-refractivity contribution in [1.29, 1.82) is 0 Å². The Kier molecular flexibility index (Phi) is 5.47. The maximum Gasteiger partial charge on any atom is 0.178 e. The lowest BCUT2D eigenvalue weighted by Gasteiger charge is -2.07. The molecule has 2 atom stereocenters. The fraction of sp³-hybridized carbons (Fsp3) is 0.235. The maximum atomic E-state index is 5.15. The lowest BCUT2D eigenvalue weighted by atomic mass is 10.1. The molecule has 2 aliphatic rings. The number of fused-ring (bicyclic) bond motifs is 4. The molecule has 2 aromatic carbocycles. The molecule has 0 bridgehead atoms. The second kappa shape index (κ2) is 9.86. The van der Waals surface area contributed by atoms with Crippen LogP contribution in [-0.2, 0) is 6.54 Å². The third kappa shape index (κ3) is 4.28. The van der Waals surface area contributed by atoms with E-state index in [2.05, 4.69) is 92.3 Å². The van der Waals surface area contributed by atoms with Crippen LogP contribution in [0.25, 0.3) is 43.9 Å². The fourth-order valence-electron chi connectivity index (χ4n) is 6.86. The number of hydrogen-bond donors (Lipinski definition) is 5. The van der Waals surface area contributed by atoms with Crippen LogP contribution in [0.5, 0.6) is 0 Å². The smallest absolute Gasteiger partial charge is 0.178 e. The lowest BCUT2D eigenvalue weighted by molar-refractivity contribution is 0.547. The van der Waals surface area contributed by atoms with Gasteiger partial charge < -0.3 is 10.6 Å².